The molecular weight excluding hydrogens is 755 g/mol. The first-order chi connectivity index (χ1) is 26.6. The molecule has 16 heteroatoms. The molecule has 6 aromatic heterocycles. The maximum atomic E-state index is 9.91. The highest BCUT2D eigenvalue weighted by Crippen LogP contribution is 2.31. The van der Waals surface area contributed by atoms with Crippen molar-refractivity contribution in [3.05, 3.63) is 79.9 Å². The van der Waals surface area contributed by atoms with E-state index in [9.17, 15) is 5.11 Å². The van der Waals surface area contributed by atoms with Crippen molar-refractivity contribution in [1.29, 1.82) is 0 Å². The number of aliphatic hydroxyl groups excluding tert-OH is 1. The average molecular weight is 800 g/mol. The first kappa shape index (κ1) is 41.5. The van der Waals surface area contributed by atoms with E-state index in [4.69, 9.17) is 49.2 Å². The van der Waals surface area contributed by atoms with E-state index in [1.54, 1.807) is 40.5 Å². The predicted molar refractivity (Wildman–Crippen MR) is 219 cm³/mol. The van der Waals surface area contributed by atoms with Crippen molar-refractivity contribution in [3.8, 4) is 35.2 Å². The summed E-state index contributed by atoms with van der Waals surface area (Å²) in [5.41, 5.74) is 18.8. The highest BCUT2D eigenvalue weighted by molar-refractivity contribution is 6.35. The molecule has 0 radical (unpaired) electrons. The number of aliphatic hydroxyl groups is 2. The Labute approximate surface area is 335 Å². The van der Waals surface area contributed by atoms with Crippen molar-refractivity contribution in [3.63, 3.8) is 0 Å². The normalized spacial score (nSPS) is 11.1. The maximum Gasteiger partial charge on any atom is 0.223 e. The molecule has 0 spiro atoms. The summed E-state index contributed by atoms with van der Waals surface area (Å²) in [6.45, 7) is 12.2. The van der Waals surface area contributed by atoms with Crippen LogP contribution in [0.2, 0.25) is 10.3 Å². The molecule has 0 aromatic carbocycles. The van der Waals surface area contributed by atoms with E-state index >= 15 is 0 Å². The van der Waals surface area contributed by atoms with Gasteiger partial charge in [0.15, 0.2) is 0 Å². The summed E-state index contributed by atoms with van der Waals surface area (Å²) in [6, 6.07) is 0. The molecule has 0 fully saturated rings. The molecule has 0 aliphatic carbocycles. The smallest absolute Gasteiger partial charge is 0.223 e. The number of nitrogens with two attached hydrogens (primary N) is 2. The van der Waals surface area contributed by atoms with Gasteiger partial charge < -0.3 is 40.3 Å². The third kappa shape index (κ3) is 9.24. The molecule has 6 N–H and O–H groups in total. The quantitative estimate of drug-likeness (QED) is 0.108. The van der Waals surface area contributed by atoms with Crippen molar-refractivity contribution in [1.82, 2.24) is 39.0 Å². The summed E-state index contributed by atoms with van der Waals surface area (Å²) in [6.07, 6.45) is 7.97. The van der Waals surface area contributed by atoms with Crippen LogP contribution in [-0.2, 0) is 13.1 Å². The molecule has 0 bridgehead atoms. The fourth-order valence-corrected chi connectivity index (χ4v) is 6.65. The number of nitrogens with zero attached hydrogens (tertiary/aromatic N) is 8. The summed E-state index contributed by atoms with van der Waals surface area (Å²) >= 11 is 12.7. The minimum absolute atomic E-state index is 0.00486. The van der Waals surface area contributed by atoms with Crippen molar-refractivity contribution in [2.45, 2.75) is 73.1 Å². The molecule has 0 saturated carbocycles. The third-order valence-corrected chi connectivity index (χ3v) is 9.27. The molecule has 0 amide bonds. The van der Waals surface area contributed by atoms with Crippen LogP contribution in [0.25, 0.3) is 22.1 Å². The van der Waals surface area contributed by atoms with Gasteiger partial charge in [0, 0.05) is 59.9 Å². The Morgan fingerprint density at radius 2 is 1.16 bits per heavy atom. The van der Waals surface area contributed by atoms with Gasteiger partial charge in [-0.3, -0.25) is 9.97 Å². The lowest BCUT2D eigenvalue weighted by atomic mass is 10.1. The second-order valence-corrected chi connectivity index (χ2v) is 14.4. The van der Waals surface area contributed by atoms with Gasteiger partial charge in [-0.15, -0.1) is 0 Å². The molecule has 14 nitrogen and oxygen atoms in total. The van der Waals surface area contributed by atoms with Gasteiger partial charge in [0.25, 0.3) is 0 Å². The van der Waals surface area contributed by atoms with Crippen LogP contribution in [0.4, 0.5) is 11.9 Å². The van der Waals surface area contributed by atoms with E-state index in [2.05, 4.69) is 53.6 Å². The van der Waals surface area contributed by atoms with Gasteiger partial charge in [-0.2, -0.15) is 9.97 Å². The second-order valence-electron chi connectivity index (χ2n) is 13.6. The molecule has 0 atom stereocenters. The van der Waals surface area contributed by atoms with Crippen LogP contribution in [0.1, 0.15) is 71.5 Å². The Kier molecular flexibility index (Phi) is 12.9. The number of hydrogen-bond donors (Lipinski definition) is 4. The van der Waals surface area contributed by atoms with E-state index in [1.165, 1.54) is 0 Å². The van der Waals surface area contributed by atoms with Crippen LogP contribution < -0.4 is 20.9 Å². The molecule has 0 unspecified atom stereocenters. The molecule has 6 aromatic rings. The zero-order chi connectivity index (χ0) is 40.9. The van der Waals surface area contributed by atoms with Gasteiger partial charge in [-0.05, 0) is 41.5 Å². The third-order valence-electron chi connectivity index (χ3n) is 8.72. The van der Waals surface area contributed by atoms with Gasteiger partial charge in [0.2, 0.25) is 11.9 Å². The van der Waals surface area contributed by atoms with Crippen LogP contribution in [0.3, 0.4) is 0 Å². The Morgan fingerprint density at radius 3 is 1.55 bits per heavy atom. The first-order valence-corrected chi connectivity index (χ1v) is 18.2. The number of pyridine rings is 2. The van der Waals surface area contributed by atoms with Crippen molar-refractivity contribution in [2.75, 3.05) is 32.3 Å². The zero-order valence-corrected chi connectivity index (χ0v) is 34.1. The fourth-order valence-electron chi connectivity index (χ4n) is 6.10. The van der Waals surface area contributed by atoms with E-state index in [-0.39, 0.29) is 28.8 Å². The molecule has 56 heavy (non-hydrogen) atoms. The Hall–Kier alpha value is -5.64. The van der Waals surface area contributed by atoms with Crippen molar-refractivity contribution in [2.24, 2.45) is 0 Å². The molecule has 0 saturated heterocycles. The van der Waals surface area contributed by atoms with Crippen LogP contribution in [0, 0.1) is 51.4 Å². The summed E-state index contributed by atoms with van der Waals surface area (Å²) in [4.78, 5) is 25.9. The van der Waals surface area contributed by atoms with Gasteiger partial charge >= 0.3 is 0 Å². The van der Waals surface area contributed by atoms with Gasteiger partial charge in [-0.25, -0.2) is 9.97 Å². The van der Waals surface area contributed by atoms with Gasteiger partial charge in [0.05, 0.1) is 72.8 Å². The molecule has 0 aliphatic heterocycles. The van der Waals surface area contributed by atoms with Gasteiger partial charge in [-0.1, -0.05) is 46.9 Å². The van der Waals surface area contributed by atoms with E-state index in [1.807, 2.05) is 49.2 Å². The summed E-state index contributed by atoms with van der Waals surface area (Å²) < 4.78 is 14.8. The van der Waals surface area contributed by atoms with E-state index in [0.717, 1.165) is 45.1 Å². The maximum absolute atomic E-state index is 9.91. The number of ether oxygens (including phenoxy) is 2. The lowest BCUT2D eigenvalue weighted by Crippen LogP contribution is -2.16. The van der Waals surface area contributed by atoms with E-state index < -0.39 is 5.60 Å². The SMILES string of the molecule is COc1c(C)cnc(Cn2cc(C#CCC(C)(C)O)c3c(Cl)nc(N)nc32)c1C.COc1c(C)cnc(Cn2cc(C#CCCO)c3c(Cl)nc(N)nc32)c1C. The van der Waals surface area contributed by atoms with Crippen molar-refractivity contribution < 1.29 is 19.7 Å². The average Bonchev–Trinajstić information content (AvgIpc) is 3.64. The number of rotatable bonds is 8. The van der Waals surface area contributed by atoms with E-state index in [0.29, 0.717) is 59.1 Å². The van der Waals surface area contributed by atoms with Crippen LogP contribution in [-0.4, -0.2) is 75.7 Å². The predicted octanol–water partition coefficient (Wildman–Crippen LogP) is 5.72. The monoisotopic (exact) mass is 798 g/mol. The summed E-state index contributed by atoms with van der Waals surface area (Å²) in [7, 11) is 3.29. The summed E-state index contributed by atoms with van der Waals surface area (Å²) in [5, 5.41) is 20.6. The Balaban J connectivity index is 0.000000215. The molecule has 292 valence electrons. The number of fused-ring (bicyclic) bond motifs is 2. The lowest BCUT2D eigenvalue weighted by Gasteiger charge is -2.13. The molecule has 6 rings (SSSR count). The minimum Gasteiger partial charge on any atom is -0.496 e. The highest BCUT2D eigenvalue weighted by atomic mass is 35.5. The number of halogens is 2. The number of methoxy groups -OCH3 is 2. The number of aromatic nitrogens is 8. The highest BCUT2D eigenvalue weighted by Gasteiger charge is 2.19. The zero-order valence-electron chi connectivity index (χ0n) is 32.5. The molecule has 6 heterocycles. The summed E-state index contributed by atoms with van der Waals surface area (Å²) in [5.74, 6) is 13.8. The Bertz CT molecular complexity index is 2550. The molecular formula is C40H44Cl2N10O4. The number of nitrogen functional groups attached to an aromatic ring is 2. The first-order valence-electron chi connectivity index (χ1n) is 17.5. The van der Waals surface area contributed by atoms with Gasteiger partial charge in [0.1, 0.15) is 33.1 Å². The largest absolute Gasteiger partial charge is 0.496 e. The van der Waals surface area contributed by atoms with Crippen LogP contribution in [0.15, 0.2) is 24.8 Å². The number of anilines is 2. The number of aryl methyl sites for hydroxylation is 2. The Morgan fingerprint density at radius 1 is 0.732 bits per heavy atom. The number of hydrogen-bond acceptors (Lipinski definition) is 12. The lowest BCUT2D eigenvalue weighted by molar-refractivity contribution is 0.0862. The molecule has 0 aliphatic rings. The topological polar surface area (TPSA) is 198 Å². The van der Waals surface area contributed by atoms with Crippen LogP contribution in [0.5, 0.6) is 11.5 Å². The standard InChI is InChI=1S/C21H24ClN5O2.C19H20ClN5O2/c1-12-9-24-15(13(2)17(12)29-5)11-27-10-14(7-6-8-21(3,4)28)16-18(22)25-20(23)26-19(16)27;1-11-8-22-14(12(2)16(11)27-3)10-25-9-13(6-4-5-7-26)15-17(20)23-19(21)24-18(15)25/h9-10,28H,8,11H2,1-5H3,(H2,23,25,26);8-9,26H,5,7,10H2,1-3H3,(H2,21,23,24). The fraction of sp³-hybridized carbons (Fsp3) is 0.350. The minimum atomic E-state index is -0.879. The van der Waals surface area contributed by atoms with Crippen LogP contribution >= 0.6 is 23.2 Å². The second kappa shape index (κ2) is 17.4. The van der Waals surface area contributed by atoms with Crippen molar-refractivity contribution >= 4 is 57.2 Å².